The van der Waals surface area contributed by atoms with E-state index in [1.54, 1.807) is 18.4 Å². The zero-order chi connectivity index (χ0) is 18.4. The molecule has 127 valence electrons. The molecule has 0 saturated heterocycles. The number of pyridine rings is 1. The molecule has 4 nitrogen and oxygen atoms in total. The number of amides is 1. The molecule has 0 unspecified atom stereocenters. The minimum Gasteiger partial charge on any atom is -0.299 e. The Bertz CT molecular complexity index is 978. The number of hydrogen-bond donors (Lipinski definition) is 0. The number of hydrogen-bond acceptors (Lipinski definition) is 3. The van der Waals surface area contributed by atoms with Gasteiger partial charge in [-0.25, -0.2) is 4.98 Å². The number of benzene rings is 2. The molecule has 1 heterocycles. The van der Waals surface area contributed by atoms with E-state index < -0.39 is 0 Å². The number of aromatic nitrogens is 1. The predicted molar refractivity (Wildman–Crippen MR) is 104 cm³/mol. The lowest BCUT2D eigenvalue weighted by Crippen LogP contribution is -2.29. The van der Waals surface area contributed by atoms with Crippen LogP contribution in [0, 0.1) is 0 Å². The van der Waals surface area contributed by atoms with E-state index in [-0.39, 0.29) is 12.5 Å². The van der Waals surface area contributed by atoms with Gasteiger partial charge in [0.15, 0.2) is 0 Å². The first kappa shape index (κ1) is 17.3. The summed E-state index contributed by atoms with van der Waals surface area (Å²) < 4.78 is 0. The minimum atomic E-state index is -0.350. The number of fused-ring (bicyclic) bond motifs is 1. The van der Waals surface area contributed by atoms with Gasteiger partial charge in [0.25, 0.3) is 5.91 Å². The predicted octanol–water partition coefficient (Wildman–Crippen LogP) is 3.86. The molecule has 0 aliphatic rings. The highest BCUT2D eigenvalue weighted by Gasteiger charge is 2.17. The second kappa shape index (κ2) is 8.03. The third-order valence-corrected chi connectivity index (χ3v) is 3.93. The van der Waals surface area contributed by atoms with Crippen LogP contribution in [0.2, 0.25) is 0 Å². The summed E-state index contributed by atoms with van der Waals surface area (Å²) >= 11 is 0. The Balaban J connectivity index is 1.85. The van der Waals surface area contributed by atoms with Crippen LogP contribution >= 0.6 is 0 Å². The van der Waals surface area contributed by atoms with Crippen molar-refractivity contribution in [3.8, 4) is 0 Å². The van der Waals surface area contributed by atoms with Crippen LogP contribution in [0.1, 0.15) is 11.3 Å². The third kappa shape index (κ3) is 3.92. The van der Waals surface area contributed by atoms with Crippen LogP contribution in [0.25, 0.3) is 22.7 Å². The van der Waals surface area contributed by atoms with Crippen LogP contribution < -0.4 is 0 Å². The molecule has 1 amide bonds. The van der Waals surface area contributed by atoms with E-state index in [2.05, 4.69) is 11.6 Å². The number of nitrogens with zero attached hydrogens (tertiary/aromatic N) is 2. The van der Waals surface area contributed by atoms with Gasteiger partial charge in [-0.2, -0.15) is 0 Å². The second-order valence-corrected chi connectivity index (χ2v) is 5.65. The van der Waals surface area contributed by atoms with E-state index in [9.17, 15) is 9.59 Å². The van der Waals surface area contributed by atoms with Crippen molar-refractivity contribution in [3.63, 3.8) is 0 Å². The van der Waals surface area contributed by atoms with Gasteiger partial charge in [-0.1, -0.05) is 61.2 Å². The minimum absolute atomic E-state index is 0.203. The molecule has 26 heavy (non-hydrogen) atoms. The van der Waals surface area contributed by atoms with Gasteiger partial charge in [0.2, 0.25) is 6.29 Å². The first-order chi connectivity index (χ1) is 12.7. The fraction of sp³-hybridized carbons (Fsp3) is 0.0455. The highest BCUT2D eigenvalue weighted by atomic mass is 16.2. The maximum absolute atomic E-state index is 12.6. The summed E-state index contributed by atoms with van der Waals surface area (Å²) in [4.78, 5) is 29.3. The molecule has 0 saturated carbocycles. The van der Waals surface area contributed by atoms with E-state index in [0.717, 1.165) is 16.5 Å². The van der Waals surface area contributed by atoms with Crippen LogP contribution in [0.3, 0.4) is 0 Å². The van der Waals surface area contributed by atoms with Gasteiger partial charge in [0, 0.05) is 11.5 Å². The number of carbonyl (C=O) groups excluding carboxylic acids is 2. The highest BCUT2D eigenvalue weighted by molar-refractivity contribution is 5.98. The first-order valence-electron chi connectivity index (χ1n) is 8.14. The highest BCUT2D eigenvalue weighted by Crippen LogP contribution is 2.19. The largest absolute Gasteiger partial charge is 0.299 e. The Morgan fingerprint density at radius 2 is 1.77 bits per heavy atom. The molecular formula is C22H17N2O2. The van der Waals surface area contributed by atoms with Gasteiger partial charge in [0.1, 0.15) is 0 Å². The summed E-state index contributed by atoms with van der Waals surface area (Å²) in [6.45, 7) is 3.75. The van der Waals surface area contributed by atoms with Crippen molar-refractivity contribution in [2.24, 2.45) is 0 Å². The Kier molecular flexibility index (Phi) is 5.34. The van der Waals surface area contributed by atoms with E-state index >= 15 is 0 Å². The Hall–Kier alpha value is -3.53. The lowest BCUT2D eigenvalue weighted by molar-refractivity contribution is -0.122. The first-order valence-corrected chi connectivity index (χ1v) is 8.14. The van der Waals surface area contributed by atoms with Crippen molar-refractivity contribution in [2.75, 3.05) is 6.54 Å². The summed E-state index contributed by atoms with van der Waals surface area (Å²) in [5.41, 5.74) is 2.60. The average Bonchev–Trinajstić information content (AvgIpc) is 2.70. The zero-order valence-electron chi connectivity index (χ0n) is 14.1. The molecule has 3 rings (SSSR count). The van der Waals surface area contributed by atoms with E-state index in [4.69, 9.17) is 0 Å². The topological polar surface area (TPSA) is 50.3 Å². The molecule has 0 bridgehead atoms. The summed E-state index contributed by atoms with van der Waals surface area (Å²) in [5, 5.41) is 0.993. The number of rotatable bonds is 6. The molecule has 0 fully saturated rings. The SMILES string of the molecule is C=C(c1ccc2ccccc2n1)N(C[C]=O)C(=O)/C=C/c1ccccc1. The summed E-state index contributed by atoms with van der Waals surface area (Å²) in [7, 11) is 0. The average molecular weight is 341 g/mol. The fourth-order valence-electron chi connectivity index (χ4n) is 2.56. The van der Waals surface area contributed by atoms with Crippen LogP contribution in [-0.2, 0) is 9.59 Å². The van der Waals surface area contributed by atoms with Crippen LogP contribution in [0.5, 0.6) is 0 Å². The number of para-hydroxylation sites is 1. The standard InChI is InChI=1S/C22H17N2O2/c1-17(20-13-12-19-9-5-6-10-21(19)23-20)24(15-16-25)22(26)14-11-18-7-3-2-4-8-18/h2-14H,1,15H2/b14-11+. The van der Waals surface area contributed by atoms with Crippen molar-refractivity contribution >= 4 is 34.9 Å². The molecule has 1 radical (unpaired) electrons. The van der Waals surface area contributed by atoms with Crippen LogP contribution in [0.4, 0.5) is 0 Å². The van der Waals surface area contributed by atoms with Gasteiger partial charge in [-0.05, 0) is 23.8 Å². The molecule has 0 N–H and O–H groups in total. The smallest absolute Gasteiger partial charge is 0.251 e. The van der Waals surface area contributed by atoms with Crippen LogP contribution in [0.15, 0.2) is 79.4 Å². The Morgan fingerprint density at radius 3 is 2.54 bits per heavy atom. The van der Waals surface area contributed by atoms with E-state index in [0.29, 0.717) is 11.4 Å². The fourth-order valence-corrected chi connectivity index (χ4v) is 2.56. The molecular weight excluding hydrogens is 324 g/mol. The summed E-state index contributed by atoms with van der Waals surface area (Å²) in [6, 6.07) is 20.8. The molecule has 3 aromatic rings. The van der Waals surface area contributed by atoms with Crippen molar-refractivity contribution in [2.45, 2.75) is 0 Å². The van der Waals surface area contributed by atoms with Gasteiger partial charge >= 0.3 is 0 Å². The van der Waals surface area contributed by atoms with E-state index in [1.165, 1.54) is 11.0 Å². The maximum atomic E-state index is 12.6. The molecule has 0 spiro atoms. The third-order valence-electron chi connectivity index (χ3n) is 3.93. The lowest BCUT2D eigenvalue weighted by atomic mass is 10.1. The van der Waals surface area contributed by atoms with Crippen LogP contribution in [-0.4, -0.2) is 28.6 Å². The zero-order valence-corrected chi connectivity index (χ0v) is 14.1. The maximum Gasteiger partial charge on any atom is 0.251 e. The Morgan fingerprint density at radius 1 is 1.04 bits per heavy atom. The van der Waals surface area contributed by atoms with Gasteiger partial charge in [0.05, 0.1) is 23.5 Å². The Labute approximate surface area is 152 Å². The van der Waals surface area contributed by atoms with Crippen molar-refractivity contribution in [1.29, 1.82) is 0 Å². The number of carbonyl (C=O) groups is 1. The van der Waals surface area contributed by atoms with Gasteiger partial charge in [-0.15, -0.1) is 0 Å². The summed E-state index contributed by atoms with van der Waals surface area (Å²) in [5.74, 6) is -0.350. The molecule has 0 aliphatic carbocycles. The van der Waals surface area contributed by atoms with E-state index in [1.807, 2.05) is 60.7 Å². The monoisotopic (exact) mass is 341 g/mol. The van der Waals surface area contributed by atoms with Crippen molar-refractivity contribution in [1.82, 2.24) is 9.88 Å². The van der Waals surface area contributed by atoms with Gasteiger partial charge < -0.3 is 0 Å². The molecule has 1 aromatic heterocycles. The lowest BCUT2D eigenvalue weighted by Gasteiger charge is -2.20. The van der Waals surface area contributed by atoms with Crippen molar-refractivity contribution < 1.29 is 9.59 Å². The second-order valence-electron chi connectivity index (χ2n) is 5.65. The quantitative estimate of drug-likeness (QED) is 0.640. The summed E-state index contributed by atoms with van der Waals surface area (Å²) in [6.07, 6.45) is 4.88. The molecule has 0 aliphatic heterocycles. The normalized spacial score (nSPS) is 10.8. The molecule has 0 atom stereocenters. The van der Waals surface area contributed by atoms with Crippen molar-refractivity contribution in [3.05, 3.63) is 90.6 Å². The van der Waals surface area contributed by atoms with Gasteiger partial charge in [-0.3, -0.25) is 14.5 Å². The molecule has 4 heteroatoms. The molecule has 2 aromatic carbocycles.